The van der Waals surface area contributed by atoms with E-state index in [-0.39, 0.29) is 12.4 Å². The average molecular weight is 248 g/mol. The number of hydrogen-bond donors (Lipinski definition) is 0. The number of hydrogen-bond acceptors (Lipinski definition) is 4. The molecule has 0 bridgehead atoms. The molecular weight excluding hydrogens is 232 g/mol. The molecule has 0 fully saturated rings. The van der Waals surface area contributed by atoms with Gasteiger partial charge in [0.2, 0.25) is 5.78 Å². The van der Waals surface area contributed by atoms with Crippen LogP contribution in [0, 0.1) is 13.8 Å². The van der Waals surface area contributed by atoms with E-state index in [9.17, 15) is 14.4 Å². The van der Waals surface area contributed by atoms with Crippen LogP contribution in [0.15, 0.2) is 18.2 Å². The Hall–Kier alpha value is -1.97. The van der Waals surface area contributed by atoms with Crippen LogP contribution in [0.25, 0.3) is 0 Å². The maximum Gasteiger partial charge on any atom is 0.375 e. The fourth-order valence-corrected chi connectivity index (χ4v) is 1.65. The lowest BCUT2D eigenvalue weighted by Crippen LogP contribution is -2.21. The number of ether oxygens (including phenoxy) is 1. The van der Waals surface area contributed by atoms with Crippen LogP contribution in [0.4, 0.5) is 0 Å². The molecule has 0 N–H and O–H groups in total. The highest BCUT2D eigenvalue weighted by Gasteiger charge is 2.20. The molecule has 0 aromatic heterocycles. The van der Waals surface area contributed by atoms with Crippen molar-refractivity contribution >= 4 is 17.5 Å². The van der Waals surface area contributed by atoms with Gasteiger partial charge in [-0.25, -0.2) is 4.79 Å². The SMILES string of the molecule is CCOC(=O)C(=O)CC(=O)c1ccc(C)cc1C. The molecule has 4 nitrogen and oxygen atoms in total. The normalized spacial score (nSPS) is 9.94. The Morgan fingerprint density at radius 2 is 1.83 bits per heavy atom. The summed E-state index contributed by atoms with van der Waals surface area (Å²) in [5, 5.41) is 0. The first-order valence-corrected chi connectivity index (χ1v) is 5.76. The quantitative estimate of drug-likeness (QED) is 0.346. The van der Waals surface area contributed by atoms with E-state index < -0.39 is 18.2 Å². The van der Waals surface area contributed by atoms with Crippen molar-refractivity contribution in [2.24, 2.45) is 0 Å². The summed E-state index contributed by atoms with van der Waals surface area (Å²) < 4.78 is 4.55. The summed E-state index contributed by atoms with van der Waals surface area (Å²) in [6.45, 7) is 5.46. The van der Waals surface area contributed by atoms with Crippen LogP contribution in [0.3, 0.4) is 0 Å². The zero-order valence-corrected chi connectivity index (χ0v) is 10.8. The van der Waals surface area contributed by atoms with Crippen LogP contribution in [0.1, 0.15) is 34.8 Å². The summed E-state index contributed by atoms with van der Waals surface area (Å²) in [4.78, 5) is 34.4. The maximum atomic E-state index is 11.9. The van der Waals surface area contributed by atoms with Gasteiger partial charge >= 0.3 is 5.97 Å². The van der Waals surface area contributed by atoms with Gasteiger partial charge in [0.05, 0.1) is 13.0 Å². The van der Waals surface area contributed by atoms with Gasteiger partial charge in [0.1, 0.15) is 0 Å². The van der Waals surface area contributed by atoms with Gasteiger partial charge in [0, 0.05) is 5.56 Å². The third-order valence-electron chi connectivity index (χ3n) is 2.51. The van der Waals surface area contributed by atoms with Crippen molar-refractivity contribution in [2.75, 3.05) is 6.61 Å². The number of ketones is 2. The first-order valence-electron chi connectivity index (χ1n) is 5.76. The molecule has 0 saturated heterocycles. The standard InChI is InChI=1S/C14H16O4/c1-4-18-14(17)13(16)8-12(15)11-6-5-9(2)7-10(11)3/h5-7H,4,8H2,1-3H3. The number of Topliss-reactive ketones (excluding diaryl/α,β-unsaturated/α-hetero) is 2. The summed E-state index contributed by atoms with van der Waals surface area (Å²) in [6.07, 6.45) is -0.442. The summed E-state index contributed by atoms with van der Waals surface area (Å²) in [7, 11) is 0. The van der Waals surface area contributed by atoms with Crippen molar-refractivity contribution in [3.05, 3.63) is 34.9 Å². The molecule has 1 aromatic carbocycles. The highest BCUT2D eigenvalue weighted by Crippen LogP contribution is 2.13. The Bertz CT molecular complexity index is 489. The minimum absolute atomic E-state index is 0.127. The molecule has 0 heterocycles. The van der Waals surface area contributed by atoms with E-state index in [2.05, 4.69) is 4.74 Å². The van der Waals surface area contributed by atoms with Crippen molar-refractivity contribution in [3.63, 3.8) is 0 Å². The minimum atomic E-state index is -0.949. The van der Waals surface area contributed by atoms with Crippen LogP contribution in [0.5, 0.6) is 0 Å². The molecule has 96 valence electrons. The average Bonchev–Trinajstić information content (AvgIpc) is 2.28. The van der Waals surface area contributed by atoms with Crippen molar-refractivity contribution in [1.29, 1.82) is 0 Å². The molecule has 0 aliphatic carbocycles. The lowest BCUT2D eigenvalue weighted by Gasteiger charge is -2.05. The number of carbonyl (C=O) groups is 3. The van der Waals surface area contributed by atoms with Gasteiger partial charge in [0.25, 0.3) is 0 Å². The van der Waals surface area contributed by atoms with Gasteiger partial charge in [-0.2, -0.15) is 0 Å². The molecule has 1 aromatic rings. The lowest BCUT2D eigenvalue weighted by molar-refractivity contribution is -0.153. The number of aryl methyl sites for hydroxylation is 2. The zero-order chi connectivity index (χ0) is 13.7. The fraction of sp³-hybridized carbons (Fsp3) is 0.357. The molecule has 0 atom stereocenters. The van der Waals surface area contributed by atoms with E-state index >= 15 is 0 Å². The Balaban J connectivity index is 2.77. The summed E-state index contributed by atoms with van der Waals surface area (Å²) in [6, 6.07) is 5.34. The topological polar surface area (TPSA) is 60.4 Å². The van der Waals surface area contributed by atoms with Crippen molar-refractivity contribution in [3.8, 4) is 0 Å². The molecule has 0 aliphatic rings. The Morgan fingerprint density at radius 3 is 2.39 bits per heavy atom. The summed E-state index contributed by atoms with van der Waals surface area (Å²) in [5.74, 6) is -2.11. The number of carbonyl (C=O) groups excluding carboxylic acids is 3. The summed E-state index contributed by atoms with van der Waals surface area (Å²) in [5.41, 5.74) is 2.32. The Kier molecular flexibility index (Phi) is 4.77. The third-order valence-corrected chi connectivity index (χ3v) is 2.51. The Morgan fingerprint density at radius 1 is 1.17 bits per heavy atom. The van der Waals surface area contributed by atoms with Crippen molar-refractivity contribution < 1.29 is 19.1 Å². The van der Waals surface area contributed by atoms with Crippen LogP contribution < -0.4 is 0 Å². The number of rotatable bonds is 5. The van der Waals surface area contributed by atoms with E-state index in [0.717, 1.165) is 11.1 Å². The fourth-order valence-electron chi connectivity index (χ4n) is 1.65. The van der Waals surface area contributed by atoms with Crippen LogP contribution in [-0.4, -0.2) is 24.1 Å². The van der Waals surface area contributed by atoms with Gasteiger partial charge in [-0.3, -0.25) is 9.59 Å². The van der Waals surface area contributed by atoms with Gasteiger partial charge in [-0.05, 0) is 26.3 Å². The van der Waals surface area contributed by atoms with E-state index in [1.165, 1.54) is 0 Å². The second kappa shape index (κ2) is 6.10. The minimum Gasteiger partial charge on any atom is -0.460 e. The molecule has 18 heavy (non-hydrogen) atoms. The van der Waals surface area contributed by atoms with Gasteiger partial charge in [-0.15, -0.1) is 0 Å². The van der Waals surface area contributed by atoms with Crippen LogP contribution >= 0.6 is 0 Å². The first-order chi connectivity index (χ1) is 8.45. The maximum absolute atomic E-state index is 11.9. The molecule has 0 aliphatic heterocycles. The number of benzene rings is 1. The van der Waals surface area contributed by atoms with E-state index in [1.54, 1.807) is 26.0 Å². The van der Waals surface area contributed by atoms with E-state index in [0.29, 0.717) is 5.56 Å². The molecule has 1 rings (SSSR count). The predicted octanol–water partition coefficient (Wildman–Crippen LogP) is 2.01. The molecule has 0 spiro atoms. The molecular formula is C14H16O4. The highest BCUT2D eigenvalue weighted by molar-refractivity contribution is 6.38. The van der Waals surface area contributed by atoms with Gasteiger partial charge in [0.15, 0.2) is 5.78 Å². The monoisotopic (exact) mass is 248 g/mol. The van der Waals surface area contributed by atoms with Crippen LogP contribution in [-0.2, 0) is 14.3 Å². The predicted molar refractivity (Wildman–Crippen MR) is 66.5 cm³/mol. The zero-order valence-electron chi connectivity index (χ0n) is 10.8. The lowest BCUT2D eigenvalue weighted by atomic mass is 9.99. The van der Waals surface area contributed by atoms with E-state index in [1.807, 2.05) is 13.0 Å². The molecule has 0 amide bonds. The van der Waals surface area contributed by atoms with Gasteiger partial charge < -0.3 is 4.74 Å². The highest BCUT2D eigenvalue weighted by atomic mass is 16.5. The molecule has 0 saturated carbocycles. The van der Waals surface area contributed by atoms with E-state index in [4.69, 9.17) is 0 Å². The Labute approximate surface area is 106 Å². The summed E-state index contributed by atoms with van der Waals surface area (Å²) >= 11 is 0. The van der Waals surface area contributed by atoms with Gasteiger partial charge in [-0.1, -0.05) is 23.8 Å². The number of esters is 1. The second-order valence-electron chi connectivity index (χ2n) is 4.06. The van der Waals surface area contributed by atoms with Crippen molar-refractivity contribution in [1.82, 2.24) is 0 Å². The van der Waals surface area contributed by atoms with Crippen molar-refractivity contribution in [2.45, 2.75) is 27.2 Å². The largest absolute Gasteiger partial charge is 0.460 e. The smallest absolute Gasteiger partial charge is 0.375 e. The first kappa shape index (κ1) is 14.1. The second-order valence-corrected chi connectivity index (χ2v) is 4.06. The molecule has 0 unspecified atom stereocenters. The molecule has 0 radical (unpaired) electrons. The molecule has 4 heteroatoms. The van der Waals surface area contributed by atoms with Crippen LogP contribution in [0.2, 0.25) is 0 Å². The third kappa shape index (κ3) is 3.52.